The molecule has 1 rings (SSSR count). The Morgan fingerprint density at radius 1 is 1.10 bits per heavy atom. The molecule has 1 heterocycles. The number of hydrogen-bond donors (Lipinski definition) is 1. The Hall–Kier alpha value is -0.960. The van der Waals surface area contributed by atoms with Gasteiger partial charge in [0.15, 0.2) is 0 Å². The van der Waals surface area contributed by atoms with Crippen molar-refractivity contribution in [3.8, 4) is 0 Å². The molecule has 0 amide bonds. The Kier molecular flexibility index (Phi) is 6.79. The van der Waals surface area contributed by atoms with Crippen LogP contribution in [0.15, 0.2) is 0 Å². The number of unbranched alkanes of at least 4 members (excludes halogenated alkanes) is 1. The highest BCUT2D eigenvalue weighted by atomic mass is 14.9. The van der Waals surface area contributed by atoms with Crippen molar-refractivity contribution < 1.29 is 0 Å². The first kappa shape index (κ1) is 18.1. The van der Waals surface area contributed by atoms with Crippen LogP contribution in [0.5, 0.6) is 0 Å². The molecule has 1 unspecified atom stereocenters. The average molecular weight is 291 g/mol. The Labute approximate surface area is 131 Å². The molecule has 1 atom stereocenters. The van der Waals surface area contributed by atoms with E-state index in [0.717, 1.165) is 36.6 Å². The monoisotopic (exact) mass is 291 g/mol. The van der Waals surface area contributed by atoms with E-state index in [0.29, 0.717) is 5.92 Å². The fourth-order valence-corrected chi connectivity index (χ4v) is 2.45. The molecule has 0 aliphatic heterocycles. The van der Waals surface area contributed by atoms with Crippen molar-refractivity contribution in [2.75, 3.05) is 6.54 Å². The lowest BCUT2D eigenvalue weighted by atomic mass is 9.97. The normalized spacial score (nSPS) is 13.5. The molecule has 1 aromatic rings. The van der Waals surface area contributed by atoms with E-state index in [1.165, 1.54) is 18.4 Å². The standard InChI is InChI=1S/C18H33N3/c1-8-9-10-17-20-14(3)16(15(4)21-17)11-13(2)12-19-18(5,6)7/h13,19H,8-12H2,1-7H3. The summed E-state index contributed by atoms with van der Waals surface area (Å²) in [7, 11) is 0. The molecule has 0 saturated heterocycles. The summed E-state index contributed by atoms with van der Waals surface area (Å²) in [5, 5.41) is 3.58. The second-order valence-electron chi connectivity index (χ2n) is 7.33. The maximum atomic E-state index is 4.70. The van der Waals surface area contributed by atoms with Crippen molar-refractivity contribution in [3.05, 3.63) is 22.8 Å². The largest absolute Gasteiger partial charge is 0.312 e. The van der Waals surface area contributed by atoms with Gasteiger partial charge >= 0.3 is 0 Å². The lowest BCUT2D eigenvalue weighted by molar-refractivity contribution is 0.381. The SMILES string of the molecule is CCCCc1nc(C)c(CC(C)CNC(C)(C)C)c(C)n1. The number of aromatic nitrogens is 2. The minimum atomic E-state index is 0.179. The zero-order chi connectivity index (χ0) is 16.0. The van der Waals surface area contributed by atoms with Gasteiger partial charge in [0.2, 0.25) is 0 Å². The predicted octanol–water partition coefficient (Wildman–Crippen LogP) is 4.00. The summed E-state index contributed by atoms with van der Waals surface area (Å²) in [4.78, 5) is 9.40. The molecule has 3 nitrogen and oxygen atoms in total. The van der Waals surface area contributed by atoms with Crippen molar-refractivity contribution >= 4 is 0 Å². The molecule has 0 saturated carbocycles. The second kappa shape index (κ2) is 7.88. The molecule has 0 bridgehead atoms. The van der Waals surface area contributed by atoms with Crippen LogP contribution < -0.4 is 5.32 Å². The van der Waals surface area contributed by atoms with E-state index in [4.69, 9.17) is 9.97 Å². The van der Waals surface area contributed by atoms with Gasteiger partial charge in [0, 0.05) is 23.3 Å². The van der Waals surface area contributed by atoms with Gasteiger partial charge < -0.3 is 5.32 Å². The molecule has 0 fully saturated rings. The third-order valence-corrected chi connectivity index (χ3v) is 3.75. The average Bonchev–Trinajstić information content (AvgIpc) is 2.37. The molecule has 21 heavy (non-hydrogen) atoms. The van der Waals surface area contributed by atoms with Crippen molar-refractivity contribution in [3.63, 3.8) is 0 Å². The summed E-state index contributed by atoms with van der Waals surface area (Å²) in [5.74, 6) is 1.60. The summed E-state index contributed by atoms with van der Waals surface area (Å²) >= 11 is 0. The van der Waals surface area contributed by atoms with E-state index in [1.54, 1.807) is 0 Å². The number of rotatable bonds is 7. The van der Waals surface area contributed by atoms with Crippen molar-refractivity contribution in [1.29, 1.82) is 0 Å². The first-order valence-electron chi connectivity index (χ1n) is 8.31. The summed E-state index contributed by atoms with van der Waals surface area (Å²) in [6.45, 7) is 16.4. The van der Waals surface area contributed by atoms with Gasteiger partial charge in [-0.1, -0.05) is 20.3 Å². The van der Waals surface area contributed by atoms with Crippen molar-refractivity contribution in [1.82, 2.24) is 15.3 Å². The van der Waals surface area contributed by atoms with Gasteiger partial charge in [-0.05, 0) is 65.5 Å². The third-order valence-electron chi connectivity index (χ3n) is 3.75. The highest BCUT2D eigenvalue weighted by Crippen LogP contribution is 2.16. The molecule has 0 aliphatic rings. The Bertz CT molecular complexity index is 423. The van der Waals surface area contributed by atoms with Gasteiger partial charge in [-0.15, -0.1) is 0 Å². The van der Waals surface area contributed by atoms with Gasteiger partial charge in [0.25, 0.3) is 0 Å². The highest BCUT2D eigenvalue weighted by molar-refractivity contribution is 5.25. The Morgan fingerprint density at radius 2 is 1.67 bits per heavy atom. The Balaban J connectivity index is 2.70. The van der Waals surface area contributed by atoms with Gasteiger partial charge in [0.1, 0.15) is 5.82 Å². The third kappa shape index (κ3) is 6.56. The molecule has 1 N–H and O–H groups in total. The fraction of sp³-hybridized carbons (Fsp3) is 0.778. The van der Waals surface area contributed by atoms with Crippen LogP contribution >= 0.6 is 0 Å². The second-order valence-corrected chi connectivity index (χ2v) is 7.33. The van der Waals surface area contributed by atoms with E-state index in [1.807, 2.05) is 0 Å². The topological polar surface area (TPSA) is 37.8 Å². The zero-order valence-corrected chi connectivity index (χ0v) is 15.0. The molecular weight excluding hydrogens is 258 g/mol. The smallest absolute Gasteiger partial charge is 0.128 e. The lowest BCUT2D eigenvalue weighted by Crippen LogP contribution is -2.39. The first-order chi connectivity index (χ1) is 9.73. The summed E-state index contributed by atoms with van der Waals surface area (Å²) < 4.78 is 0. The van der Waals surface area contributed by atoms with Gasteiger partial charge in [0.05, 0.1) is 0 Å². The summed E-state index contributed by atoms with van der Waals surface area (Å²) in [6.07, 6.45) is 4.41. The summed E-state index contributed by atoms with van der Waals surface area (Å²) in [5.41, 5.74) is 3.84. The fourth-order valence-electron chi connectivity index (χ4n) is 2.45. The van der Waals surface area contributed by atoms with Crippen LogP contribution in [0.1, 0.15) is 70.2 Å². The molecule has 0 aromatic carbocycles. The number of nitrogens with one attached hydrogen (secondary N) is 1. The number of hydrogen-bond acceptors (Lipinski definition) is 3. The van der Waals surface area contributed by atoms with Crippen LogP contribution in [0.4, 0.5) is 0 Å². The van der Waals surface area contributed by atoms with E-state index in [-0.39, 0.29) is 5.54 Å². The molecule has 0 radical (unpaired) electrons. The number of nitrogens with zero attached hydrogens (tertiary/aromatic N) is 2. The van der Waals surface area contributed by atoms with Crippen LogP contribution in [0.25, 0.3) is 0 Å². The van der Waals surface area contributed by atoms with Crippen molar-refractivity contribution in [2.24, 2.45) is 5.92 Å². The van der Waals surface area contributed by atoms with E-state index < -0.39 is 0 Å². The lowest BCUT2D eigenvalue weighted by Gasteiger charge is -2.24. The van der Waals surface area contributed by atoms with Gasteiger partial charge in [-0.3, -0.25) is 0 Å². The van der Waals surface area contributed by atoms with Crippen LogP contribution in [-0.2, 0) is 12.8 Å². The molecule has 3 heteroatoms. The van der Waals surface area contributed by atoms with Crippen LogP contribution in [0, 0.1) is 19.8 Å². The first-order valence-corrected chi connectivity index (χ1v) is 8.31. The van der Waals surface area contributed by atoms with Crippen LogP contribution in [0.2, 0.25) is 0 Å². The zero-order valence-electron chi connectivity index (χ0n) is 15.0. The minimum Gasteiger partial charge on any atom is -0.312 e. The van der Waals surface area contributed by atoms with Crippen LogP contribution in [-0.4, -0.2) is 22.1 Å². The predicted molar refractivity (Wildman–Crippen MR) is 90.7 cm³/mol. The van der Waals surface area contributed by atoms with E-state index in [2.05, 4.69) is 53.8 Å². The van der Waals surface area contributed by atoms with Crippen LogP contribution in [0.3, 0.4) is 0 Å². The van der Waals surface area contributed by atoms with Gasteiger partial charge in [-0.25, -0.2) is 9.97 Å². The minimum absolute atomic E-state index is 0.179. The molecule has 120 valence electrons. The maximum absolute atomic E-state index is 4.70. The quantitative estimate of drug-likeness (QED) is 0.825. The van der Waals surface area contributed by atoms with Gasteiger partial charge in [-0.2, -0.15) is 0 Å². The molecule has 0 spiro atoms. The molecule has 1 aromatic heterocycles. The summed E-state index contributed by atoms with van der Waals surface area (Å²) in [6, 6.07) is 0. The highest BCUT2D eigenvalue weighted by Gasteiger charge is 2.15. The van der Waals surface area contributed by atoms with E-state index >= 15 is 0 Å². The molecule has 0 aliphatic carbocycles. The Morgan fingerprint density at radius 3 is 2.14 bits per heavy atom. The van der Waals surface area contributed by atoms with E-state index in [9.17, 15) is 0 Å². The van der Waals surface area contributed by atoms with Crippen molar-refractivity contribution in [2.45, 2.75) is 79.7 Å². The number of aryl methyl sites for hydroxylation is 3. The maximum Gasteiger partial charge on any atom is 0.128 e. The molecular formula is C18H33N3.